The zero-order valence-corrected chi connectivity index (χ0v) is 17.1. The second-order valence-corrected chi connectivity index (χ2v) is 7.85. The molecule has 146 valence electrons. The van der Waals surface area contributed by atoms with Crippen molar-refractivity contribution in [3.05, 3.63) is 64.8 Å². The highest BCUT2D eigenvalue weighted by molar-refractivity contribution is 9.10. The summed E-state index contributed by atoms with van der Waals surface area (Å²) < 4.78 is 26.9. The van der Waals surface area contributed by atoms with Gasteiger partial charge in [0.05, 0.1) is 11.8 Å². The van der Waals surface area contributed by atoms with Crippen LogP contribution in [0.4, 0.5) is 4.39 Å². The molecule has 2 atom stereocenters. The Morgan fingerprint density at radius 3 is 2.93 bits per heavy atom. The highest BCUT2D eigenvalue weighted by Crippen LogP contribution is 2.30. The van der Waals surface area contributed by atoms with Gasteiger partial charge in [0.1, 0.15) is 18.2 Å². The van der Waals surface area contributed by atoms with Crippen LogP contribution in [0.3, 0.4) is 0 Å². The molecule has 0 bridgehead atoms. The van der Waals surface area contributed by atoms with E-state index < -0.39 is 0 Å². The molecule has 0 radical (unpaired) electrons. The highest BCUT2D eigenvalue weighted by atomic mass is 79.9. The first kappa shape index (κ1) is 19.1. The van der Waals surface area contributed by atoms with E-state index in [1.807, 2.05) is 18.2 Å². The fraction of sp³-hybridized carbons (Fsp3) is 0.333. The first-order valence-electron chi connectivity index (χ1n) is 9.31. The minimum Gasteiger partial charge on any atom is -0.473 e. The van der Waals surface area contributed by atoms with Crippen molar-refractivity contribution in [3.63, 3.8) is 0 Å². The number of ether oxygens (including phenoxy) is 1. The number of benzene rings is 1. The number of piperidine rings is 1. The van der Waals surface area contributed by atoms with Gasteiger partial charge < -0.3 is 9.15 Å². The monoisotopic (exact) mass is 445 g/mol. The summed E-state index contributed by atoms with van der Waals surface area (Å²) in [4.78, 5) is 10.8. The normalized spacial score (nSPS) is 20.2. The Balaban J connectivity index is 1.52. The van der Waals surface area contributed by atoms with Gasteiger partial charge in [0.15, 0.2) is 0 Å². The van der Waals surface area contributed by atoms with Crippen LogP contribution in [0.5, 0.6) is 5.88 Å². The molecule has 1 fully saturated rings. The molecule has 0 unspecified atom stereocenters. The largest absolute Gasteiger partial charge is 0.473 e. The maximum atomic E-state index is 14.5. The molecule has 0 amide bonds. The van der Waals surface area contributed by atoms with Crippen molar-refractivity contribution < 1.29 is 13.5 Å². The lowest BCUT2D eigenvalue weighted by Crippen LogP contribution is -2.48. The minimum atomic E-state index is -0.323. The average molecular weight is 446 g/mol. The average Bonchev–Trinajstić information content (AvgIpc) is 3.21. The van der Waals surface area contributed by atoms with Gasteiger partial charge in [-0.3, -0.25) is 4.90 Å². The Labute approximate surface area is 171 Å². The van der Waals surface area contributed by atoms with Crippen molar-refractivity contribution >= 4 is 15.9 Å². The number of hydrogen-bond donors (Lipinski definition) is 0. The Kier molecular flexibility index (Phi) is 5.73. The third-order valence-electron chi connectivity index (χ3n) is 5.14. The standard InChI is InChI=1S/C21H21BrFN3O2/c1-14-18(28-19-8-7-16(22)12-25-19)6-3-10-26(14)13-15-4-2-5-17(23)20(15)21-24-9-11-27-21/h2,4-5,7-9,11-12,14,18H,3,6,10,13H2,1H3/t14-,18+/m0/s1. The summed E-state index contributed by atoms with van der Waals surface area (Å²) in [6.07, 6.45) is 6.73. The predicted molar refractivity (Wildman–Crippen MR) is 107 cm³/mol. The lowest BCUT2D eigenvalue weighted by molar-refractivity contribution is 0.0289. The predicted octanol–water partition coefficient (Wildman–Crippen LogP) is 5.07. The highest BCUT2D eigenvalue weighted by Gasteiger charge is 2.30. The van der Waals surface area contributed by atoms with Crippen molar-refractivity contribution in [3.8, 4) is 17.3 Å². The lowest BCUT2D eigenvalue weighted by atomic mass is 9.98. The van der Waals surface area contributed by atoms with Crippen LogP contribution in [-0.4, -0.2) is 33.6 Å². The molecular weight excluding hydrogens is 425 g/mol. The lowest BCUT2D eigenvalue weighted by Gasteiger charge is -2.39. The molecule has 3 heterocycles. The van der Waals surface area contributed by atoms with Crippen LogP contribution >= 0.6 is 15.9 Å². The number of nitrogens with zero attached hydrogens (tertiary/aromatic N) is 3. The molecule has 28 heavy (non-hydrogen) atoms. The van der Waals surface area contributed by atoms with Crippen molar-refractivity contribution in [2.45, 2.75) is 38.5 Å². The molecular formula is C21H21BrFN3O2. The fourth-order valence-corrected chi connectivity index (χ4v) is 3.88. The smallest absolute Gasteiger partial charge is 0.229 e. The van der Waals surface area contributed by atoms with E-state index in [1.54, 1.807) is 12.3 Å². The second kappa shape index (κ2) is 8.41. The van der Waals surface area contributed by atoms with Gasteiger partial charge in [-0.15, -0.1) is 0 Å². The number of halogens is 2. The van der Waals surface area contributed by atoms with Crippen molar-refractivity contribution in [2.75, 3.05) is 6.54 Å². The summed E-state index contributed by atoms with van der Waals surface area (Å²) in [6, 6.07) is 9.04. The van der Waals surface area contributed by atoms with E-state index in [1.165, 1.54) is 18.5 Å². The van der Waals surface area contributed by atoms with Gasteiger partial charge in [-0.25, -0.2) is 14.4 Å². The topological polar surface area (TPSA) is 51.4 Å². The first-order chi connectivity index (χ1) is 13.6. The van der Waals surface area contributed by atoms with Gasteiger partial charge in [0.2, 0.25) is 11.8 Å². The van der Waals surface area contributed by atoms with E-state index >= 15 is 0 Å². The maximum Gasteiger partial charge on any atom is 0.229 e. The Hall–Kier alpha value is -2.25. The zero-order valence-electron chi connectivity index (χ0n) is 15.5. The van der Waals surface area contributed by atoms with E-state index in [9.17, 15) is 4.39 Å². The molecule has 3 aromatic rings. The molecule has 0 saturated carbocycles. The molecule has 1 aromatic carbocycles. The van der Waals surface area contributed by atoms with Crippen molar-refractivity contribution in [1.82, 2.24) is 14.9 Å². The first-order valence-corrected chi connectivity index (χ1v) is 10.1. The number of pyridine rings is 1. The zero-order chi connectivity index (χ0) is 19.5. The van der Waals surface area contributed by atoms with Gasteiger partial charge in [-0.05, 0) is 59.9 Å². The molecule has 2 aromatic heterocycles. The van der Waals surface area contributed by atoms with Crippen LogP contribution in [0.1, 0.15) is 25.3 Å². The summed E-state index contributed by atoms with van der Waals surface area (Å²) in [5, 5.41) is 0. The van der Waals surface area contributed by atoms with Gasteiger partial charge in [-0.1, -0.05) is 12.1 Å². The van der Waals surface area contributed by atoms with E-state index in [4.69, 9.17) is 9.15 Å². The summed E-state index contributed by atoms with van der Waals surface area (Å²) >= 11 is 3.39. The van der Waals surface area contributed by atoms with Crippen LogP contribution in [0.25, 0.3) is 11.5 Å². The molecule has 7 heteroatoms. The minimum absolute atomic E-state index is 0.0289. The molecule has 0 spiro atoms. The van der Waals surface area contributed by atoms with Gasteiger partial charge in [0.25, 0.3) is 0 Å². The van der Waals surface area contributed by atoms with E-state index in [0.717, 1.165) is 29.4 Å². The summed E-state index contributed by atoms with van der Waals surface area (Å²) in [5.74, 6) is 0.606. The van der Waals surface area contributed by atoms with Crippen LogP contribution in [-0.2, 0) is 6.54 Å². The summed E-state index contributed by atoms with van der Waals surface area (Å²) in [5.41, 5.74) is 1.29. The molecule has 0 aliphatic carbocycles. The van der Waals surface area contributed by atoms with E-state index in [0.29, 0.717) is 23.9 Å². The molecule has 4 rings (SSSR count). The Morgan fingerprint density at radius 2 is 2.18 bits per heavy atom. The number of oxazole rings is 1. The van der Waals surface area contributed by atoms with Crippen LogP contribution in [0, 0.1) is 5.82 Å². The van der Waals surface area contributed by atoms with Crippen LogP contribution in [0.2, 0.25) is 0 Å². The number of likely N-dealkylation sites (tertiary alicyclic amines) is 1. The molecule has 1 saturated heterocycles. The summed E-state index contributed by atoms with van der Waals surface area (Å²) in [7, 11) is 0. The Morgan fingerprint density at radius 1 is 1.29 bits per heavy atom. The van der Waals surface area contributed by atoms with Gasteiger partial charge >= 0.3 is 0 Å². The molecule has 1 aliphatic rings. The summed E-state index contributed by atoms with van der Waals surface area (Å²) in [6.45, 7) is 3.67. The number of rotatable bonds is 5. The quantitative estimate of drug-likeness (QED) is 0.548. The Bertz CT molecular complexity index is 918. The van der Waals surface area contributed by atoms with Crippen LogP contribution < -0.4 is 4.74 Å². The fourth-order valence-electron chi connectivity index (χ4n) is 3.65. The van der Waals surface area contributed by atoms with Crippen LogP contribution in [0.15, 0.2) is 57.9 Å². The van der Waals surface area contributed by atoms with E-state index in [2.05, 4.69) is 37.7 Å². The maximum absolute atomic E-state index is 14.5. The van der Waals surface area contributed by atoms with Crippen molar-refractivity contribution in [2.24, 2.45) is 0 Å². The number of aromatic nitrogens is 2. The van der Waals surface area contributed by atoms with E-state index in [-0.39, 0.29) is 18.0 Å². The SMILES string of the molecule is C[C@H]1[C@H](Oc2ccc(Br)cn2)CCCN1Cc1cccc(F)c1-c1ncco1. The third-order valence-corrected chi connectivity index (χ3v) is 5.61. The van der Waals surface area contributed by atoms with Gasteiger partial charge in [0, 0.05) is 29.3 Å². The van der Waals surface area contributed by atoms with Crippen molar-refractivity contribution in [1.29, 1.82) is 0 Å². The second-order valence-electron chi connectivity index (χ2n) is 6.94. The number of hydrogen-bond acceptors (Lipinski definition) is 5. The third kappa shape index (κ3) is 4.10. The molecule has 5 nitrogen and oxygen atoms in total. The molecule has 1 aliphatic heterocycles. The molecule has 0 N–H and O–H groups in total. The van der Waals surface area contributed by atoms with Gasteiger partial charge in [-0.2, -0.15) is 0 Å².